The molecule has 3 heteroatoms. The van der Waals surface area contributed by atoms with E-state index in [4.69, 9.17) is 10.6 Å². The Hall–Kier alpha value is -1.06. The molecule has 0 aromatic heterocycles. The average molecular weight is 260 g/mol. The number of hydrogen-bond donors (Lipinski definition) is 2. The largest absolute Gasteiger partial charge is 0.490 e. The Morgan fingerprint density at radius 2 is 2.11 bits per heavy atom. The SMILES string of the molecule is CC1CCCC1C(NN)c1cccc(OC2CC2)c1. The van der Waals surface area contributed by atoms with Crippen molar-refractivity contribution in [2.24, 2.45) is 17.7 Å². The zero-order valence-electron chi connectivity index (χ0n) is 11.6. The molecule has 2 saturated carbocycles. The molecule has 0 saturated heterocycles. The highest BCUT2D eigenvalue weighted by Gasteiger charge is 2.31. The van der Waals surface area contributed by atoms with Crippen molar-refractivity contribution in [3.05, 3.63) is 29.8 Å². The molecule has 3 unspecified atom stereocenters. The van der Waals surface area contributed by atoms with Crippen LogP contribution in [0.3, 0.4) is 0 Å². The first-order valence-corrected chi connectivity index (χ1v) is 7.50. The molecule has 0 heterocycles. The summed E-state index contributed by atoms with van der Waals surface area (Å²) in [5.74, 6) is 8.20. The minimum Gasteiger partial charge on any atom is -0.490 e. The van der Waals surface area contributed by atoms with Crippen molar-refractivity contribution in [3.8, 4) is 5.75 Å². The van der Waals surface area contributed by atoms with Gasteiger partial charge in [-0.2, -0.15) is 0 Å². The highest BCUT2D eigenvalue weighted by Crippen LogP contribution is 2.40. The number of hydrogen-bond acceptors (Lipinski definition) is 3. The molecule has 3 rings (SSSR count). The van der Waals surface area contributed by atoms with Gasteiger partial charge in [0, 0.05) is 6.04 Å². The second-order valence-electron chi connectivity index (χ2n) is 6.11. The highest BCUT2D eigenvalue weighted by molar-refractivity contribution is 5.31. The predicted molar refractivity (Wildman–Crippen MR) is 76.7 cm³/mol. The Balaban J connectivity index is 1.77. The lowest BCUT2D eigenvalue weighted by Gasteiger charge is -2.27. The monoisotopic (exact) mass is 260 g/mol. The molecule has 0 radical (unpaired) electrons. The molecule has 0 aliphatic heterocycles. The summed E-state index contributed by atoms with van der Waals surface area (Å²) >= 11 is 0. The molecule has 3 nitrogen and oxygen atoms in total. The van der Waals surface area contributed by atoms with Gasteiger partial charge in [-0.3, -0.25) is 11.3 Å². The van der Waals surface area contributed by atoms with Crippen LogP contribution in [-0.2, 0) is 0 Å². The Labute approximate surface area is 115 Å². The van der Waals surface area contributed by atoms with Crippen molar-refractivity contribution in [2.45, 2.75) is 51.2 Å². The van der Waals surface area contributed by atoms with Crippen LogP contribution in [0.1, 0.15) is 50.6 Å². The molecule has 0 bridgehead atoms. The van der Waals surface area contributed by atoms with Gasteiger partial charge in [-0.1, -0.05) is 31.9 Å². The Bertz CT molecular complexity index is 431. The first-order chi connectivity index (χ1) is 9.28. The van der Waals surface area contributed by atoms with E-state index in [-0.39, 0.29) is 6.04 Å². The second kappa shape index (κ2) is 5.51. The van der Waals surface area contributed by atoms with Gasteiger partial charge in [-0.15, -0.1) is 0 Å². The van der Waals surface area contributed by atoms with Gasteiger partial charge >= 0.3 is 0 Å². The van der Waals surface area contributed by atoms with Crippen molar-refractivity contribution >= 4 is 0 Å². The molecule has 0 amide bonds. The van der Waals surface area contributed by atoms with Gasteiger partial charge < -0.3 is 4.74 Å². The maximum absolute atomic E-state index is 5.88. The van der Waals surface area contributed by atoms with E-state index in [0.717, 1.165) is 11.7 Å². The van der Waals surface area contributed by atoms with Gasteiger partial charge in [0.05, 0.1) is 6.10 Å². The molecule has 1 aromatic rings. The normalized spacial score (nSPS) is 28.3. The van der Waals surface area contributed by atoms with E-state index < -0.39 is 0 Å². The summed E-state index contributed by atoms with van der Waals surface area (Å²) in [6, 6.07) is 8.70. The van der Waals surface area contributed by atoms with Crippen molar-refractivity contribution in [1.82, 2.24) is 5.43 Å². The van der Waals surface area contributed by atoms with Crippen LogP contribution in [0.4, 0.5) is 0 Å². The van der Waals surface area contributed by atoms with E-state index in [1.54, 1.807) is 0 Å². The third-order valence-electron chi connectivity index (χ3n) is 4.58. The molecular formula is C16H24N2O. The lowest BCUT2D eigenvalue weighted by atomic mass is 9.86. The highest BCUT2D eigenvalue weighted by atomic mass is 16.5. The molecule has 2 aliphatic rings. The first-order valence-electron chi connectivity index (χ1n) is 7.50. The Morgan fingerprint density at radius 1 is 1.26 bits per heavy atom. The van der Waals surface area contributed by atoms with Crippen molar-refractivity contribution in [3.63, 3.8) is 0 Å². The van der Waals surface area contributed by atoms with E-state index in [1.165, 1.54) is 37.7 Å². The molecule has 2 aliphatic carbocycles. The van der Waals surface area contributed by atoms with E-state index in [9.17, 15) is 0 Å². The first kappa shape index (κ1) is 12.9. The molecule has 2 fully saturated rings. The fourth-order valence-electron chi connectivity index (χ4n) is 3.30. The number of nitrogens with one attached hydrogen (secondary N) is 1. The topological polar surface area (TPSA) is 47.3 Å². The van der Waals surface area contributed by atoms with E-state index in [0.29, 0.717) is 12.0 Å². The third-order valence-corrected chi connectivity index (χ3v) is 4.58. The van der Waals surface area contributed by atoms with Gasteiger partial charge in [0.15, 0.2) is 0 Å². The van der Waals surface area contributed by atoms with E-state index >= 15 is 0 Å². The van der Waals surface area contributed by atoms with Crippen LogP contribution in [0.15, 0.2) is 24.3 Å². The van der Waals surface area contributed by atoms with Crippen LogP contribution >= 0.6 is 0 Å². The van der Waals surface area contributed by atoms with E-state index in [1.807, 2.05) is 6.07 Å². The molecular weight excluding hydrogens is 236 g/mol. The Kier molecular flexibility index (Phi) is 3.76. The molecule has 104 valence electrons. The summed E-state index contributed by atoms with van der Waals surface area (Å²) in [6.07, 6.45) is 6.75. The molecule has 3 N–H and O–H groups in total. The summed E-state index contributed by atoms with van der Waals surface area (Å²) < 4.78 is 5.88. The standard InChI is InChI=1S/C16H24N2O/c1-11-4-2-7-15(11)16(18-17)12-5-3-6-14(10-12)19-13-8-9-13/h3,5-6,10-11,13,15-16,18H,2,4,7-9,17H2,1H3. The number of hydrazine groups is 1. The fourth-order valence-corrected chi connectivity index (χ4v) is 3.30. The summed E-state index contributed by atoms with van der Waals surface area (Å²) in [6.45, 7) is 2.34. The van der Waals surface area contributed by atoms with Crippen molar-refractivity contribution in [2.75, 3.05) is 0 Å². The van der Waals surface area contributed by atoms with Crippen molar-refractivity contribution in [1.29, 1.82) is 0 Å². The lowest BCUT2D eigenvalue weighted by Crippen LogP contribution is -2.34. The van der Waals surface area contributed by atoms with Crippen LogP contribution in [0.2, 0.25) is 0 Å². The maximum atomic E-state index is 5.88. The number of ether oxygens (including phenoxy) is 1. The quantitative estimate of drug-likeness (QED) is 0.631. The lowest BCUT2D eigenvalue weighted by molar-refractivity contribution is 0.293. The maximum Gasteiger partial charge on any atom is 0.120 e. The van der Waals surface area contributed by atoms with E-state index in [2.05, 4.69) is 30.5 Å². The number of rotatable bonds is 5. The van der Waals surface area contributed by atoms with Crippen LogP contribution in [0, 0.1) is 11.8 Å². The summed E-state index contributed by atoms with van der Waals surface area (Å²) in [5, 5.41) is 0. The summed E-state index contributed by atoms with van der Waals surface area (Å²) in [7, 11) is 0. The second-order valence-corrected chi connectivity index (χ2v) is 6.11. The van der Waals surface area contributed by atoms with Crippen LogP contribution in [-0.4, -0.2) is 6.10 Å². The minimum atomic E-state index is 0.250. The molecule has 3 atom stereocenters. The number of benzene rings is 1. The number of nitrogens with two attached hydrogens (primary N) is 1. The van der Waals surface area contributed by atoms with Gasteiger partial charge in [0.1, 0.15) is 5.75 Å². The summed E-state index contributed by atoms with van der Waals surface area (Å²) in [4.78, 5) is 0. The zero-order valence-corrected chi connectivity index (χ0v) is 11.6. The van der Waals surface area contributed by atoms with Crippen LogP contribution in [0.25, 0.3) is 0 Å². The van der Waals surface area contributed by atoms with Gasteiger partial charge in [-0.05, 0) is 48.8 Å². The van der Waals surface area contributed by atoms with Crippen LogP contribution < -0.4 is 16.0 Å². The predicted octanol–water partition coefficient (Wildman–Crippen LogP) is 3.17. The summed E-state index contributed by atoms with van der Waals surface area (Å²) in [5.41, 5.74) is 4.29. The molecule has 1 aromatic carbocycles. The van der Waals surface area contributed by atoms with Gasteiger partial charge in [-0.25, -0.2) is 0 Å². The van der Waals surface area contributed by atoms with Gasteiger partial charge in [0.25, 0.3) is 0 Å². The van der Waals surface area contributed by atoms with Crippen LogP contribution in [0.5, 0.6) is 5.75 Å². The Morgan fingerprint density at radius 3 is 2.74 bits per heavy atom. The molecule has 19 heavy (non-hydrogen) atoms. The fraction of sp³-hybridized carbons (Fsp3) is 0.625. The molecule has 0 spiro atoms. The van der Waals surface area contributed by atoms with Gasteiger partial charge in [0.2, 0.25) is 0 Å². The third kappa shape index (κ3) is 2.93. The van der Waals surface area contributed by atoms with Crippen molar-refractivity contribution < 1.29 is 4.74 Å². The average Bonchev–Trinajstić information content (AvgIpc) is 3.13. The zero-order chi connectivity index (χ0) is 13.2. The minimum absolute atomic E-state index is 0.250. The smallest absolute Gasteiger partial charge is 0.120 e.